The van der Waals surface area contributed by atoms with Crippen LogP contribution in [-0.2, 0) is 9.53 Å². The van der Waals surface area contributed by atoms with Gasteiger partial charge in [0.05, 0.1) is 6.61 Å². The number of amides is 1. The van der Waals surface area contributed by atoms with Crippen LogP contribution in [0.2, 0.25) is 0 Å². The molecule has 0 aromatic rings. The van der Waals surface area contributed by atoms with Gasteiger partial charge >= 0.3 is 0 Å². The van der Waals surface area contributed by atoms with Gasteiger partial charge in [0.15, 0.2) is 0 Å². The molecule has 0 aromatic heterocycles. The van der Waals surface area contributed by atoms with Crippen LogP contribution in [0, 0.1) is 11.8 Å². The lowest BCUT2D eigenvalue weighted by molar-refractivity contribution is -0.124. The molecule has 1 rings (SSSR count). The molecule has 4 nitrogen and oxygen atoms in total. The Kier molecular flexibility index (Phi) is 7.28. The SMILES string of the molecule is CC(N)CCCC(C)C(=O)NCCOCC1CC1. The summed E-state index contributed by atoms with van der Waals surface area (Å²) < 4.78 is 5.47. The van der Waals surface area contributed by atoms with Crippen LogP contribution in [0.4, 0.5) is 0 Å². The van der Waals surface area contributed by atoms with E-state index in [4.69, 9.17) is 10.5 Å². The summed E-state index contributed by atoms with van der Waals surface area (Å²) in [6, 6.07) is 0.232. The van der Waals surface area contributed by atoms with Gasteiger partial charge < -0.3 is 15.8 Å². The highest BCUT2D eigenvalue weighted by atomic mass is 16.5. The zero-order chi connectivity index (χ0) is 13.4. The number of carbonyl (C=O) groups excluding carboxylic acids is 1. The number of hydrogen-bond donors (Lipinski definition) is 2. The van der Waals surface area contributed by atoms with Crippen LogP contribution in [0.15, 0.2) is 0 Å². The minimum absolute atomic E-state index is 0.0761. The molecule has 1 amide bonds. The Morgan fingerprint density at radius 2 is 2.11 bits per heavy atom. The van der Waals surface area contributed by atoms with Crippen LogP contribution >= 0.6 is 0 Å². The fraction of sp³-hybridized carbons (Fsp3) is 0.929. The number of ether oxygens (including phenoxy) is 1. The Labute approximate surface area is 111 Å². The number of nitrogens with one attached hydrogen (secondary N) is 1. The minimum atomic E-state index is 0.0761. The highest BCUT2D eigenvalue weighted by molar-refractivity contribution is 5.78. The number of nitrogens with two attached hydrogens (primary N) is 1. The summed E-state index contributed by atoms with van der Waals surface area (Å²) in [5.41, 5.74) is 5.68. The van der Waals surface area contributed by atoms with Crippen LogP contribution in [0.3, 0.4) is 0 Å². The van der Waals surface area contributed by atoms with Crippen molar-refractivity contribution in [2.75, 3.05) is 19.8 Å². The first-order valence-corrected chi connectivity index (χ1v) is 7.20. The van der Waals surface area contributed by atoms with Gasteiger partial charge in [-0.15, -0.1) is 0 Å². The third kappa shape index (κ3) is 7.67. The highest BCUT2D eigenvalue weighted by Gasteiger charge is 2.21. The van der Waals surface area contributed by atoms with Gasteiger partial charge in [-0.05, 0) is 38.5 Å². The van der Waals surface area contributed by atoms with Gasteiger partial charge in [0.1, 0.15) is 0 Å². The Hall–Kier alpha value is -0.610. The van der Waals surface area contributed by atoms with Crippen LogP contribution in [-0.4, -0.2) is 31.7 Å². The van der Waals surface area contributed by atoms with Gasteiger partial charge in [-0.2, -0.15) is 0 Å². The van der Waals surface area contributed by atoms with Crippen molar-refractivity contribution in [3.05, 3.63) is 0 Å². The Morgan fingerprint density at radius 3 is 2.72 bits per heavy atom. The molecule has 0 saturated heterocycles. The Morgan fingerprint density at radius 1 is 1.39 bits per heavy atom. The van der Waals surface area contributed by atoms with E-state index in [0.717, 1.165) is 31.8 Å². The molecule has 0 aromatic carbocycles. The summed E-state index contributed by atoms with van der Waals surface area (Å²) in [4.78, 5) is 11.7. The minimum Gasteiger partial charge on any atom is -0.379 e. The summed E-state index contributed by atoms with van der Waals surface area (Å²) in [6.07, 6.45) is 5.54. The van der Waals surface area contributed by atoms with Gasteiger partial charge in [0.2, 0.25) is 5.91 Å². The summed E-state index contributed by atoms with van der Waals surface area (Å²) in [7, 11) is 0. The van der Waals surface area contributed by atoms with Crippen LogP contribution in [0.5, 0.6) is 0 Å². The molecule has 0 aliphatic heterocycles. The van der Waals surface area contributed by atoms with E-state index in [0.29, 0.717) is 13.2 Å². The maximum absolute atomic E-state index is 11.7. The van der Waals surface area contributed by atoms with Crippen LogP contribution in [0.25, 0.3) is 0 Å². The van der Waals surface area contributed by atoms with E-state index in [1.165, 1.54) is 12.8 Å². The van der Waals surface area contributed by atoms with E-state index >= 15 is 0 Å². The van der Waals surface area contributed by atoms with E-state index in [2.05, 4.69) is 5.32 Å². The van der Waals surface area contributed by atoms with E-state index in [9.17, 15) is 4.79 Å². The molecule has 1 saturated carbocycles. The molecular weight excluding hydrogens is 228 g/mol. The zero-order valence-corrected chi connectivity index (χ0v) is 11.8. The van der Waals surface area contributed by atoms with Gasteiger partial charge in [-0.25, -0.2) is 0 Å². The van der Waals surface area contributed by atoms with E-state index < -0.39 is 0 Å². The summed E-state index contributed by atoms with van der Waals surface area (Å²) in [5, 5.41) is 2.92. The molecule has 1 fully saturated rings. The lowest BCUT2D eigenvalue weighted by atomic mass is 10.0. The molecule has 18 heavy (non-hydrogen) atoms. The van der Waals surface area contributed by atoms with E-state index in [-0.39, 0.29) is 17.9 Å². The molecule has 0 radical (unpaired) electrons. The topological polar surface area (TPSA) is 64.4 Å². The second-order valence-electron chi connectivity index (χ2n) is 5.62. The third-order valence-corrected chi connectivity index (χ3v) is 3.34. The van der Waals surface area contributed by atoms with Gasteiger partial charge in [-0.3, -0.25) is 4.79 Å². The first-order valence-electron chi connectivity index (χ1n) is 7.20. The number of hydrogen-bond acceptors (Lipinski definition) is 3. The second kappa shape index (κ2) is 8.48. The fourth-order valence-corrected chi connectivity index (χ4v) is 1.83. The lowest BCUT2D eigenvalue weighted by Gasteiger charge is -2.13. The first-order chi connectivity index (χ1) is 8.59. The van der Waals surface area contributed by atoms with Gasteiger partial charge in [-0.1, -0.05) is 13.3 Å². The van der Waals surface area contributed by atoms with Crippen molar-refractivity contribution in [1.82, 2.24) is 5.32 Å². The normalized spacial score (nSPS) is 18.4. The third-order valence-electron chi connectivity index (χ3n) is 3.34. The molecule has 0 spiro atoms. The van der Waals surface area contributed by atoms with Crippen molar-refractivity contribution >= 4 is 5.91 Å². The fourth-order valence-electron chi connectivity index (χ4n) is 1.83. The molecule has 1 aliphatic carbocycles. The van der Waals surface area contributed by atoms with Crippen molar-refractivity contribution < 1.29 is 9.53 Å². The second-order valence-corrected chi connectivity index (χ2v) is 5.62. The Bertz CT molecular complexity index is 240. The van der Waals surface area contributed by atoms with Crippen molar-refractivity contribution in [3.8, 4) is 0 Å². The standard InChI is InChI=1S/C14H28N2O2/c1-11(4-3-5-12(2)15)14(17)16-8-9-18-10-13-6-7-13/h11-13H,3-10,15H2,1-2H3,(H,16,17). The van der Waals surface area contributed by atoms with E-state index in [1.807, 2.05) is 13.8 Å². The molecule has 2 unspecified atom stereocenters. The molecule has 3 N–H and O–H groups in total. The summed E-state index contributed by atoms with van der Waals surface area (Å²) in [5.74, 6) is 1.000. The molecule has 4 heteroatoms. The maximum atomic E-state index is 11.7. The molecule has 0 bridgehead atoms. The largest absolute Gasteiger partial charge is 0.379 e. The zero-order valence-electron chi connectivity index (χ0n) is 11.8. The average molecular weight is 256 g/mol. The molecule has 0 heterocycles. The first kappa shape index (κ1) is 15.4. The van der Waals surface area contributed by atoms with Gasteiger partial charge in [0, 0.05) is 25.1 Å². The van der Waals surface area contributed by atoms with Crippen LogP contribution < -0.4 is 11.1 Å². The number of rotatable bonds is 10. The average Bonchev–Trinajstić information content (AvgIpc) is 3.11. The van der Waals surface area contributed by atoms with Crippen molar-refractivity contribution in [2.45, 2.75) is 52.0 Å². The maximum Gasteiger partial charge on any atom is 0.222 e. The summed E-state index contributed by atoms with van der Waals surface area (Å²) in [6.45, 7) is 6.10. The van der Waals surface area contributed by atoms with Crippen molar-refractivity contribution in [1.29, 1.82) is 0 Å². The molecule has 1 aliphatic rings. The summed E-state index contributed by atoms with van der Waals surface area (Å²) >= 11 is 0. The molecule has 106 valence electrons. The molecule has 2 atom stereocenters. The highest BCUT2D eigenvalue weighted by Crippen LogP contribution is 2.28. The molecular formula is C14H28N2O2. The van der Waals surface area contributed by atoms with E-state index in [1.54, 1.807) is 0 Å². The quantitative estimate of drug-likeness (QED) is 0.585. The predicted molar refractivity (Wildman–Crippen MR) is 73.2 cm³/mol. The lowest BCUT2D eigenvalue weighted by Crippen LogP contribution is -2.32. The monoisotopic (exact) mass is 256 g/mol. The predicted octanol–water partition coefficient (Wildman–Crippen LogP) is 1.68. The van der Waals surface area contributed by atoms with Gasteiger partial charge in [0.25, 0.3) is 0 Å². The van der Waals surface area contributed by atoms with Crippen LogP contribution in [0.1, 0.15) is 46.0 Å². The van der Waals surface area contributed by atoms with Crippen molar-refractivity contribution in [2.24, 2.45) is 17.6 Å². The number of carbonyl (C=O) groups is 1. The smallest absolute Gasteiger partial charge is 0.222 e. The van der Waals surface area contributed by atoms with Crippen molar-refractivity contribution in [3.63, 3.8) is 0 Å². The Balaban J connectivity index is 1.93.